The van der Waals surface area contributed by atoms with E-state index in [0.717, 1.165) is 21.3 Å². The minimum absolute atomic E-state index is 0.0401. The fraction of sp³-hybridized carbons (Fsp3) is 0.111. The lowest BCUT2D eigenvalue weighted by molar-refractivity contribution is -0.116. The van der Waals surface area contributed by atoms with Gasteiger partial charge < -0.3 is 5.32 Å². The van der Waals surface area contributed by atoms with Crippen LogP contribution in [-0.2, 0) is 11.2 Å². The van der Waals surface area contributed by atoms with Gasteiger partial charge in [-0.3, -0.25) is 4.79 Å². The number of halogens is 2. The first kappa shape index (κ1) is 17.1. The van der Waals surface area contributed by atoms with Crippen molar-refractivity contribution in [1.29, 1.82) is 0 Å². The van der Waals surface area contributed by atoms with Crippen molar-refractivity contribution in [2.24, 2.45) is 0 Å². The molecule has 2 aromatic carbocycles. The van der Waals surface area contributed by atoms with Crippen LogP contribution in [0.2, 0.25) is 5.02 Å². The van der Waals surface area contributed by atoms with Gasteiger partial charge in [0.2, 0.25) is 5.91 Å². The van der Waals surface area contributed by atoms with Gasteiger partial charge >= 0.3 is 0 Å². The van der Waals surface area contributed by atoms with Gasteiger partial charge in [0.15, 0.2) is 5.13 Å². The number of nitrogens with zero attached hydrogens (tertiary/aromatic N) is 1. The predicted molar refractivity (Wildman–Crippen MR) is 104 cm³/mol. The summed E-state index contributed by atoms with van der Waals surface area (Å²) in [5.41, 5.74) is 2.97. The van der Waals surface area contributed by atoms with Crippen LogP contribution in [-0.4, -0.2) is 10.9 Å². The Morgan fingerprint density at radius 1 is 1.12 bits per heavy atom. The van der Waals surface area contributed by atoms with E-state index in [4.69, 9.17) is 11.6 Å². The van der Waals surface area contributed by atoms with E-state index in [1.165, 1.54) is 11.3 Å². The minimum Gasteiger partial charge on any atom is -0.302 e. The summed E-state index contributed by atoms with van der Waals surface area (Å²) in [5.74, 6) is -0.0401. The molecule has 0 aliphatic carbocycles. The Hall–Kier alpha value is -1.69. The second kappa shape index (κ2) is 7.92. The molecule has 1 amide bonds. The fourth-order valence-electron chi connectivity index (χ4n) is 2.18. The Kier molecular flexibility index (Phi) is 5.66. The van der Waals surface area contributed by atoms with E-state index in [9.17, 15) is 4.79 Å². The molecule has 0 spiro atoms. The van der Waals surface area contributed by atoms with Gasteiger partial charge in [-0.25, -0.2) is 4.98 Å². The summed E-state index contributed by atoms with van der Waals surface area (Å²) in [6.45, 7) is 0. The molecular weight excluding hydrogens is 408 g/mol. The van der Waals surface area contributed by atoms with E-state index in [0.29, 0.717) is 23.0 Å². The summed E-state index contributed by atoms with van der Waals surface area (Å²) >= 11 is 10.7. The summed E-state index contributed by atoms with van der Waals surface area (Å²) in [7, 11) is 0. The molecule has 0 unspecified atom stereocenters. The molecule has 3 rings (SSSR count). The average molecular weight is 422 g/mol. The highest BCUT2D eigenvalue weighted by atomic mass is 79.9. The van der Waals surface area contributed by atoms with Crippen LogP contribution in [0.1, 0.15) is 12.0 Å². The molecule has 0 atom stereocenters. The first-order valence-electron chi connectivity index (χ1n) is 7.36. The highest BCUT2D eigenvalue weighted by Crippen LogP contribution is 2.26. The van der Waals surface area contributed by atoms with Crippen LogP contribution in [0.4, 0.5) is 5.13 Å². The van der Waals surface area contributed by atoms with E-state index >= 15 is 0 Å². The zero-order chi connectivity index (χ0) is 16.9. The molecule has 122 valence electrons. The number of benzene rings is 2. The normalized spacial score (nSPS) is 10.6. The molecule has 0 fully saturated rings. The fourth-order valence-corrected chi connectivity index (χ4v) is 3.30. The van der Waals surface area contributed by atoms with Gasteiger partial charge in [-0.05, 0) is 36.2 Å². The number of carbonyl (C=O) groups excluding carboxylic acids is 1. The average Bonchev–Trinajstić information content (AvgIpc) is 3.03. The van der Waals surface area contributed by atoms with Gasteiger partial charge in [0.25, 0.3) is 0 Å². The van der Waals surface area contributed by atoms with Crippen molar-refractivity contribution in [2.45, 2.75) is 12.8 Å². The third kappa shape index (κ3) is 4.66. The van der Waals surface area contributed by atoms with Gasteiger partial charge in [0, 0.05) is 26.9 Å². The second-order valence-electron chi connectivity index (χ2n) is 5.22. The first-order valence-corrected chi connectivity index (χ1v) is 9.41. The molecule has 0 bridgehead atoms. The van der Waals surface area contributed by atoms with Crippen molar-refractivity contribution in [2.75, 3.05) is 5.32 Å². The van der Waals surface area contributed by atoms with Crippen LogP contribution in [0.3, 0.4) is 0 Å². The summed E-state index contributed by atoms with van der Waals surface area (Å²) in [4.78, 5) is 16.5. The van der Waals surface area contributed by atoms with E-state index in [-0.39, 0.29) is 5.91 Å². The maximum Gasteiger partial charge on any atom is 0.226 e. The SMILES string of the molecule is O=C(CCc1ccc(Cl)cc1)Nc1nc(-c2ccc(Br)cc2)cs1. The zero-order valence-electron chi connectivity index (χ0n) is 12.6. The largest absolute Gasteiger partial charge is 0.302 e. The monoisotopic (exact) mass is 420 g/mol. The maximum atomic E-state index is 12.1. The van der Waals surface area contributed by atoms with Crippen LogP contribution in [0, 0.1) is 0 Å². The molecule has 6 heteroatoms. The molecule has 0 aliphatic heterocycles. The number of hydrogen-bond acceptors (Lipinski definition) is 3. The van der Waals surface area contributed by atoms with Crippen molar-refractivity contribution in [1.82, 2.24) is 4.98 Å². The second-order valence-corrected chi connectivity index (χ2v) is 7.43. The van der Waals surface area contributed by atoms with E-state index < -0.39 is 0 Å². The van der Waals surface area contributed by atoms with Gasteiger partial charge in [0.1, 0.15) is 0 Å². The van der Waals surface area contributed by atoms with Crippen LogP contribution in [0.5, 0.6) is 0 Å². The molecule has 24 heavy (non-hydrogen) atoms. The summed E-state index contributed by atoms with van der Waals surface area (Å²) in [5, 5.41) is 6.12. The van der Waals surface area contributed by atoms with Gasteiger partial charge in [-0.2, -0.15) is 0 Å². The molecule has 3 aromatic rings. The molecule has 1 aromatic heterocycles. The van der Waals surface area contributed by atoms with Crippen molar-refractivity contribution >= 4 is 49.9 Å². The predicted octanol–water partition coefficient (Wildman–Crippen LogP) is 5.80. The molecule has 0 aliphatic rings. The van der Waals surface area contributed by atoms with Crippen molar-refractivity contribution in [3.05, 3.63) is 69.0 Å². The number of hydrogen-bond donors (Lipinski definition) is 1. The number of aromatic nitrogens is 1. The van der Waals surface area contributed by atoms with Crippen LogP contribution >= 0.6 is 38.9 Å². The van der Waals surface area contributed by atoms with Crippen molar-refractivity contribution in [3.63, 3.8) is 0 Å². The molecular formula is C18H14BrClN2OS. The van der Waals surface area contributed by atoms with E-state index in [2.05, 4.69) is 26.2 Å². The Balaban J connectivity index is 1.57. The lowest BCUT2D eigenvalue weighted by Gasteiger charge is -2.02. The minimum atomic E-state index is -0.0401. The van der Waals surface area contributed by atoms with E-state index in [1.807, 2.05) is 53.9 Å². The molecule has 1 N–H and O–H groups in total. The number of amides is 1. The number of rotatable bonds is 5. The molecule has 1 heterocycles. The number of nitrogens with one attached hydrogen (secondary N) is 1. The topological polar surface area (TPSA) is 42.0 Å². The third-order valence-electron chi connectivity index (χ3n) is 3.44. The first-order chi connectivity index (χ1) is 11.6. The highest BCUT2D eigenvalue weighted by Gasteiger charge is 2.08. The molecule has 3 nitrogen and oxygen atoms in total. The lowest BCUT2D eigenvalue weighted by Crippen LogP contribution is -2.12. The lowest BCUT2D eigenvalue weighted by atomic mass is 10.1. The van der Waals surface area contributed by atoms with Gasteiger partial charge in [-0.15, -0.1) is 11.3 Å². The quantitative estimate of drug-likeness (QED) is 0.566. The smallest absolute Gasteiger partial charge is 0.226 e. The molecule has 0 saturated carbocycles. The van der Waals surface area contributed by atoms with Gasteiger partial charge in [-0.1, -0.05) is 51.8 Å². The van der Waals surface area contributed by atoms with E-state index in [1.54, 1.807) is 0 Å². The number of anilines is 1. The Morgan fingerprint density at radius 3 is 2.54 bits per heavy atom. The summed E-state index contributed by atoms with van der Waals surface area (Å²) in [6, 6.07) is 15.5. The van der Waals surface area contributed by atoms with Crippen molar-refractivity contribution < 1.29 is 4.79 Å². The van der Waals surface area contributed by atoms with Gasteiger partial charge in [0.05, 0.1) is 5.69 Å². The third-order valence-corrected chi connectivity index (χ3v) is 4.98. The Labute approximate surface area is 157 Å². The molecule has 0 saturated heterocycles. The number of carbonyl (C=O) groups is 1. The van der Waals surface area contributed by atoms with Crippen molar-refractivity contribution in [3.8, 4) is 11.3 Å². The standard InChI is InChI=1S/C18H14BrClN2OS/c19-14-6-4-13(5-7-14)16-11-24-18(21-16)22-17(23)10-3-12-1-8-15(20)9-2-12/h1-2,4-9,11H,3,10H2,(H,21,22,23). The zero-order valence-corrected chi connectivity index (χ0v) is 15.8. The number of aryl methyl sites for hydroxylation is 1. The Morgan fingerprint density at radius 2 is 1.83 bits per heavy atom. The highest BCUT2D eigenvalue weighted by molar-refractivity contribution is 9.10. The number of thiazole rings is 1. The summed E-state index contributed by atoms with van der Waals surface area (Å²) in [6.07, 6.45) is 1.09. The molecule has 0 radical (unpaired) electrons. The summed E-state index contributed by atoms with van der Waals surface area (Å²) < 4.78 is 1.03. The van der Waals surface area contributed by atoms with Crippen LogP contribution in [0.25, 0.3) is 11.3 Å². The van der Waals surface area contributed by atoms with Crippen LogP contribution in [0.15, 0.2) is 58.4 Å². The van der Waals surface area contributed by atoms with Crippen LogP contribution < -0.4 is 5.32 Å². The Bertz CT molecular complexity index is 831. The maximum absolute atomic E-state index is 12.1.